The standard InChI is InChI=1S/C17H34O2Si/c1-8-9-10-11-12-16(18)15(2)13-14-19-20(6,7)17(3,4)5/h11-16,18H,8-10H2,1-7H3/b12-11+,14-13+/t15?,16-/m1/s1. The lowest BCUT2D eigenvalue weighted by atomic mass is 10.0. The fourth-order valence-electron chi connectivity index (χ4n) is 1.36. The van der Waals surface area contributed by atoms with Crippen molar-refractivity contribution in [2.24, 2.45) is 5.92 Å². The van der Waals surface area contributed by atoms with E-state index in [0.29, 0.717) is 0 Å². The predicted octanol–water partition coefficient (Wildman–Crippen LogP) is 5.27. The van der Waals surface area contributed by atoms with Gasteiger partial charge in [-0.2, -0.15) is 0 Å². The molecule has 0 rings (SSSR count). The molecule has 0 saturated heterocycles. The average molecular weight is 299 g/mol. The van der Waals surface area contributed by atoms with Crippen LogP contribution in [0.1, 0.15) is 53.9 Å². The maximum Gasteiger partial charge on any atom is 0.249 e. The molecule has 0 radical (unpaired) electrons. The lowest BCUT2D eigenvalue weighted by Gasteiger charge is -2.35. The lowest BCUT2D eigenvalue weighted by molar-refractivity contribution is 0.183. The first-order valence-corrected chi connectivity index (χ1v) is 10.7. The molecule has 118 valence electrons. The highest BCUT2D eigenvalue weighted by Gasteiger charge is 2.37. The van der Waals surface area contributed by atoms with Crippen LogP contribution in [0, 0.1) is 5.92 Å². The number of unbranched alkanes of at least 4 members (excludes halogenated alkanes) is 2. The van der Waals surface area contributed by atoms with Crippen molar-refractivity contribution in [2.45, 2.75) is 78.1 Å². The fourth-order valence-corrected chi connectivity index (χ4v) is 2.13. The minimum atomic E-state index is -1.73. The monoisotopic (exact) mass is 298 g/mol. The van der Waals surface area contributed by atoms with Crippen molar-refractivity contribution in [1.29, 1.82) is 0 Å². The van der Waals surface area contributed by atoms with E-state index < -0.39 is 14.4 Å². The van der Waals surface area contributed by atoms with E-state index in [2.05, 4.69) is 46.9 Å². The van der Waals surface area contributed by atoms with Gasteiger partial charge in [0.15, 0.2) is 0 Å². The van der Waals surface area contributed by atoms with Gasteiger partial charge in [-0.05, 0) is 30.6 Å². The second kappa shape index (κ2) is 8.68. The molecule has 1 N–H and O–H groups in total. The molecule has 0 aromatic rings. The van der Waals surface area contributed by atoms with Gasteiger partial charge in [-0.15, -0.1) is 0 Å². The highest BCUT2D eigenvalue weighted by Crippen LogP contribution is 2.36. The molecule has 0 saturated carbocycles. The van der Waals surface area contributed by atoms with E-state index in [0.717, 1.165) is 6.42 Å². The molecule has 0 aromatic carbocycles. The molecule has 0 fully saturated rings. The van der Waals surface area contributed by atoms with E-state index in [4.69, 9.17) is 4.43 Å². The van der Waals surface area contributed by atoms with Gasteiger partial charge in [0, 0.05) is 5.92 Å². The molecule has 0 bridgehead atoms. The van der Waals surface area contributed by atoms with Crippen LogP contribution in [0.15, 0.2) is 24.5 Å². The zero-order valence-corrected chi connectivity index (χ0v) is 15.4. The summed E-state index contributed by atoms with van der Waals surface area (Å²) in [6, 6.07) is 0. The molecule has 1 unspecified atom stereocenters. The Morgan fingerprint density at radius 3 is 2.30 bits per heavy atom. The summed E-state index contributed by atoms with van der Waals surface area (Å²) in [6.07, 6.45) is 10.7. The second-order valence-corrected chi connectivity index (χ2v) is 11.9. The van der Waals surface area contributed by atoms with Crippen LogP contribution in [0.2, 0.25) is 18.1 Å². The minimum Gasteiger partial charge on any atom is -0.549 e. The van der Waals surface area contributed by atoms with Crippen molar-refractivity contribution in [3.63, 3.8) is 0 Å². The molecule has 0 spiro atoms. The minimum absolute atomic E-state index is 0.0812. The number of aliphatic hydroxyl groups excluding tert-OH is 1. The van der Waals surface area contributed by atoms with Crippen molar-refractivity contribution < 1.29 is 9.53 Å². The largest absolute Gasteiger partial charge is 0.549 e. The number of aliphatic hydroxyl groups is 1. The van der Waals surface area contributed by atoms with Crippen molar-refractivity contribution in [3.8, 4) is 0 Å². The number of allylic oxidation sites excluding steroid dienone is 1. The molecular weight excluding hydrogens is 264 g/mol. The molecule has 0 amide bonds. The lowest BCUT2D eigenvalue weighted by Crippen LogP contribution is -2.39. The summed E-state index contributed by atoms with van der Waals surface area (Å²) in [5.41, 5.74) is 0. The summed E-state index contributed by atoms with van der Waals surface area (Å²) in [4.78, 5) is 0. The van der Waals surface area contributed by atoms with Crippen molar-refractivity contribution in [3.05, 3.63) is 24.5 Å². The predicted molar refractivity (Wildman–Crippen MR) is 91.3 cm³/mol. The SMILES string of the molecule is CCCC/C=C/[C@@H](O)C(C)/C=C/O[Si](C)(C)C(C)(C)C. The van der Waals surface area contributed by atoms with Crippen LogP contribution in [0.4, 0.5) is 0 Å². The van der Waals surface area contributed by atoms with E-state index in [1.807, 2.05) is 19.1 Å². The summed E-state index contributed by atoms with van der Waals surface area (Å²) >= 11 is 0. The van der Waals surface area contributed by atoms with Gasteiger partial charge in [-0.3, -0.25) is 0 Å². The Kier molecular flexibility index (Phi) is 8.44. The van der Waals surface area contributed by atoms with Gasteiger partial charge in [0.2, 0.25) is 8.32 Å². The topological polar surface area (TPSA) is 29.5 Å². The van der Waals surface area contributed by atoms with E-state index in [1.54, 1.807) is 6.26 Å². The van der Waals surface area contributed by atoms with Crippen molar-refractivity contribution in [1.82, 2.24) is 0 Å². The van der Waals surface area contributed by atoms with Crippen LogP contribution in [-0.4, -0.2) is 19.5 Å². The van der Waals surface area contributed by atoms with Gasteiger partial charge in [0.25, 0.3) is 0 Å². The fraction of sp³-hybridized carbons (Fsp3) is 0.765. The Bertz CT molecular complexity index is 313. The Balaban J connectivity index is 4.29. The first-order chi connectivity index (χ1) is 9.12. The molecule has 0 aromatic heterocycles. The first-order valence-electron chi connectivity index (χ1n) is 7.81. The zero-order valence-electron chi connectivity index (χ0n) is 14.4. The number of hydrogen-bond acceptors (Lipinski definition) is 2. The third-order valence-corrected chi connectivity index (χ3v) is 8.48. The molecule has 0 aliphatic rings. The molecule has 2 nitrogen and oxygen atoms in total. The smallest absolute Gasteiger partial charge is 0.249 e. The quantitative estimate of drug-likeness (QED) is 0.286. The first kappa shape index (κ1) is 19.5. The second-order valence-electron chi connectivity index (χ2n) is 7.13. The van der Waals surface area contributed by atoms with Crippen LogP contribution in [0.3, 0.4) is 0 Å². The molecule has 0 aliphatic carbocycles. The maximum atomic E-state index is 10.0. The van der Waals surface area contributed by atoms with Gasteiger partial charge < -0.3 is 9.53 Å². The van der Waals surface area contributed by atoms with E-state index in [1.165, 1.54) is 12.8 Å². The Labute approximate surface area is 127 Å². The Morgan fingerprint density at radius 1 is 1.20 bits per heavy atom. The van der Waals surface area contributed by atoms with Crippen LogP contribution in [0.25, 0.3) is 0 Å². The number of rotatable bonds is 8. The average Bonchev–Trinajstić information content (AvgIpc) is 2.32. The number of hydrogen-bond donors (Lipinski definition) is 1. The Hall–Kier alpha value is -0.543. The third kappa shape index (κ3) is 7.30. The van der Waals surface area contributed by atoms with Crippen molar-refractivity contribution >= 4 is 8.32 Å². The third-order valence-electron chi connectivity index (χ3n) is 4.15. The normalized spacial score (nSPS) is 16.8. The molecule has 20 heavy (non-hydrogen) atoms. The summed E-state index contributed by atoms with van der Waals surface area (Å²) in [7, 11) is -1.73. The molecule has 2 atom stereocenters. The summed E-state index contributed by atoms with van der Waals surface area (Å²) in [6.45, 7) is 15.3. The highest BCUT2D eigenvalue weighted by molar-refractivity contribution is 6.74. The van der Waals surface area contributed by atoms with E-state index in [9.17, 15) is 5.11 Å². The molecule has 0 aliphatic heterocycles. The zero-order chi connectivity index (χ0) is 15.8. The van der Waals surface area contributed by atoms with Gasteiger partial charge in [0.1, 0.15) is 0 Å². The highest BCUT2D eigenvalue weighted by atomic mass is 28.4. The maximum absolute atomic E-state index is 10.0. The van der Waals surface area contributed by atoms with Crippen LogP contribution in [0.5, 0.6) is 0 Å². The van der Waals surface area contributed by atoms with Crippen LogP contribution >= 0.6 is 0 Å². The van der Waals surface area contributed by atoms with Gasteiger partial charge in [-0.25, -0.2) is 0 Å². The summed E-state index contributed by atoms with van der Waals surface area (Å²) in [5.74, 6) is 0.0812. The molecule has 0 heterocycles. The van der Waals surface area contributed by atoms with E-state index in [-0.39, 0.29) is 11.0 Å². The summed E-state index contributed by atoms with van der Waals surface area (Å²) < 4.78 is 5.98. The van der Waals surface area contributed by atoms with Gasteiger partial charge in [-0.1, -0.05) is 59.6 Å². The van der Waals surface area contributed by atoms with Crippen LogP contribution < -0.4 is 0 Å². The summed E-state index contributed by atoms with van der Waals surface area (Å²) in [5, 5.41) is 10.2. The van der Waals surface area contributed by atoms with Gasteiger partial charge >= 0.3 is 0 Å². The van der Waals surface area contributed by atoms with Gasteiger partial charge in [0.05, 0.1) is 12.4 Å². The van der Waals surface area contributed by atoms with E-state index >= 15 is 0 Å². The van der Waals surface area contributed by atoms with Crippen molar-refractivity contribution in [2.75, 3.05) is 0 Å². The molecule has 3 heteroatoms. The van der Waals surface area contributed by atoms with Crippen LogP contribution in [-0.2, 0) is 4.43 Å². The molecular formula is C17H34O2Si. The Morgan fingerprint density at radius 2 is 1.80 bits per heavy atom.